The van der Waals surface area contributed by atoms with E-state index in [0.29, 0.717) is 41.0 Å². The summed E-state index contributed by atoms with van der Waals surface area (Å²) in [6.07, 6.45) is 0. The summed E-state index contributed by atoms with van der Waals surface area (Å²) in [5.74, 6) is 2.56. The van der Waals surface area contributed by atoms with Crippen LogP contribution in [0.1, 0.15) is 17.0 Å². The summed E-state index contributed by atoms with van der Waals surface area (Å²) in [5, 5.41) is 2.78. The second kappa shape index (κ2) is 10.8. The number of aromatic nitrogens is 1. The van der Waals surface area contributed by atoms with E-state index in [1.807, 2.05) is 24.3 Å². The maximum Gasteiger partial charge on any atom is 0.232 e. The number of nitrogens with zero attached hydrogens (tertiary/aromatic N) is 1. The number of rotatable bonds is 10. The molecule has 2 aromatic carbocycles. The van der Waals surface area contributed by atoms with Crippen LogP contribution in [0.5, 0.6) is 17.2 Å². The third kappa shape index (κ3) is 5.88. The first-order valence-electron chi connectivity index (χ1n) is 9.86. The van der Waals surface area contributed by atoms with Gasteiger partial charge in [-0.3, -0.25) is 9.00 Å². The van der Waals surface area contributed by atoms with Crippen LogP contribution in [0.25, 0.3) is 11.5 Å². The summed E-state index contributed by atoms with van der Waals surface area (Å²) < 4.78 is 33.9. The smallest absolute Gasteiger partial charge is 0.232 e. The first-order chi connectivity index (χ1) is 15.4. The number of nitrogens with one attached hydrogen (secondary N) is 1. The molecule has 1 amide bonds. The first kappa shape index (κ1) is 23.3. The molecule has 0 saturated heterocycles. The zero-order valence-corrected chi connectivity index (χ0v) is 19.3. The van der Waals surface area contributed by atoms with Crippen molar-refractivity contribution in [3.63, 3.8) is 0 Å². The Kier molecular flexibility index (Phi) is 7.88. The highest BCUT2D eigenvalue weighted by atomic mass is 32.2. The van der Waals surface area contributed by atoms with Crippen molar-refractivity contribution < 1.29 is 27.6 Å². The summed E-state index contributed by atoms with van der Waals surface area (Å²) in [5.41, 5.74) is 2.19. The van der Waals surface area contributed by atoms with Crippen LogP contribution in [-0.4, -0.2) is 42.2 Å². The predicted octanol–water partition coefficient (Wildman–Crippen LogP) is 3.24. The van der Waals surface area contributed by atoms with Crippen molar-refractivity contribution in [2.45, 2.75) is 19.2 Å². The highest BCUT2D eigenvalue weighted by Gasteiger charge is 2.17. The van der Waals surface area contributed by atoms with E-state index in [4.69, 9.17) is 18.6 Å². The van der Waals surface area contributed by atoms with Crippen LogP contribution in [0, 0.1) is 6.92 Å². The Labute approximate surface area is 189 Å². The Morgan fingerprint density at radius 2 is 1.75 bits per heavy atom. The lowest BCUT2D eigenvalue weighted by atomic mass is 10.2. The molecule has 1 aromatic heterocycles. The summed E-state index contributed by atoms with van der Waals surface area (Å²) in [7, 11) is 3.28. The normalized spacial score (nSPS) is 11.6. The molecule has 0 aliphatic carbocycles. The van der Waals surface area contributed by atoms with Gasteiger partial charge in [-0.25, -0.2) is 4.98 Å². The van der Waals surface area contributed by atoms with Gasteiger partial charge >= 0.3 is 0 Å². The van der Waals surface area contributed by atoms with Crippen LogP contribution in [0.3, 0.4) is 0 Å². The number of methoxy groups -OCH3 is 3. The summed E-state index contributed by atoms with van der Waals surface area (Å²) in [6.45, 7) is 2.11. The number of aryl methyl sites for hydroxylation is 1. The lowest BCUT2D eigenvalue weighted by molar-refractivity contribution is -0.118. The van der Waals surface area contributed by atoms with Gasteiger partial charge in [-0.15, -0.1) is 0 Å². The average molecular weight is 459 g/mol. The number of oxazole rings is 1. The molecular formula is C23H26N2O6S. The number of amides is 1. The van der Waals surface area contributed by atoms with Crippen molar-refractivity contribution in [1.29, 1.82) is 0 Å². The minimum Gasteiger partial charge on any atom is -0.497 e. The molecule has 0 radical (unpaired) electrons. The predicted molar refractivity (Wildman–Crippen MR) is 121 cm³/mol. The molecule has 1 atom stereocenters. The lowest BCUT2D eigenvalue weighted by Crippen LogP contribution is -2.28. The second-order valence-electron chi connectivity index (χ2n) is 6.94. The second-order valence-corrected chi connectivity index (χ2v) is 8.40. The SMILES string of the molecule is COc1ccc(CNC(=O)C[S@@](=O)Cc2nc(-c3ccc(OC)c(OC)c3)oc2C)cc1. The molecule has 0 aliphatic heterocycles. The number of ether oxygens (including phenoxy) is 3. The van der Waals surface area contributed by atoms with Gasteiger partial charge in [-0.1, -0.05) is 12.1 Å². The van der Waals surface area contributed by atoms with Gasteiger partial charge in [0.05, 0.1) is 32.8 Å². The van der Waals surface area contributed by atoms with Gasteiger partial charge in [0.2, 0.25) is 11.8 Å². The quantitative estimate of drug-likeness (QED) is 0.498. The summed E-state index contributed by atoms with van der Waals surface area (Å²) >= 11 is 0. The third-order valence-electron chi connectivity index (χ3n) is 4.76. The van der Waals surface area contributed by atoms with Crippen molar-refractivity contribution in [2.24, 2.45) is 0 Å². The van der Waals surface area contributed by atoms with Gasteiger partial charge in [0, 0.05) is 22.9 Å². The molecule has 3 aromatic rings. The highest BCUT2D eigenvalue weighted by Crippen LogP contribution is 2.32. The molecule has 0 fully saturated rings. The minimum atomic E-state index is -1.43. The van der Waals surface area contributed by atoms with Gasteiger partial charge in [0.1, 0.15) is 17.3 Å². The molecule has 0 unspecified atom stereocenters. The van der Waals surface area contributed by atoms with Gasteiger partial charge in [-0.2, -0.15) is 0 Å². The van der Waals surface area contributed by atoms with Crippen molar-refractivity contribution in [3.05, 3.63) is 59.5 Å². The van der Waals surface area contributed by atoms with Crippen molar-refractivity contribution >= 4 is 16.7 Å². The Balaban J connectivity index is 1.58. The molecule has 9 heteroatoms. The maximum absolute atomic E-state index is 12.5. The Hall–Kier alpha value is -3.33. The highest BCUT2D eigenvalue weighted by molar-refractivity contribution is 7.84. The third-order valence-corrected chi connectivity index (χ3v) is 5.94. The van der Waals surface area contributed by atoms with Crippen LogP contribution >= 0.6 is 0 Å². The van der Waals surface area contributed by atoms with E-state index in [9.17, 15) is 9.00 Å². The van der Waals surface area contributed by atoms with Crippen LogP contribution in [0.15, 0.2) is 46.9 Å². The van der Waals surface area contributed by atoms with E-state index in [1.54, 1.807) is 46.5 Å². The van der Waals surface area contributed by atoms with Gasteiger partial charge in [0.25, 0.3) is 0 Å². The average Bonchev–Trinajstić information content (AvgIpc) is 3.17. The fraction of sp³-hybridized carbons (Fsp3) is 0.304. The Bertz CT molecular complexity index is 1090. The van der Waals surface area contributed by atoms with E-state index in [0.717, 1.165) is 11.3 Å². The Morgan fingerprint density at radius 1 is 1.03 bits per heavy atom. The topological polar surface area (TPSA) is 99.9 Å². The van der Waals surface area contributed by atoms with Crippen LogP contribution < -0.4 is 19.5 Å². The van der Waals surface area contributed by atoms with Crippen molar-refractivity contribution in [3.8, 4) is 28.7 Å². The molecule has 3 rings (SSSR count). The van der Waals surface area contributed by atoms with Gasteiger partial charge in [-0.05, 0) is 42.8 Å². The van der Waals surface area contributed by atoms with E-state index in [-0.39, 0.29) is 17.4 Å². The van der Waals surface area contributed by atoms with E-state index in [1.165, 1.54) is 0 Å². The zero-order chi connectivity index (χ0) is 23.1. The lowest BCUT2D eigenvalue weighted by Gasteiger charge is -2.07. The summed E-state index contributed by atoms with van der Waals surface area (Å²) in [6, 6.07) is 12.7. The van der Waals surface area contributed by atoms with Crippen molar-refractivity contribution in [2.75, 3.05) is 27.1 Å². The number of carbonyl (C=O) groups excluding carboxylic acids is 1. The zero-order valence-electron chi connectivity index (χ0n) is 18.5. The number of hydrogen-bond donors (Lipinski definition) is 1. The fourth-order valence-corrected chi connectivity index (χ4v) is 4.07. The number of benzene rings is 2. The molecular weight excluding hydrogens is 432 g/mol. The molecule has 1 heterocycles. The van der Waals surface area contributed by atoms with E-state index >= 15 is 0 Å². The molecule has 1 N–H and O–H groups in total. The molecule has 32 heavy (non-hydrogen) atoms. The van der Waals surface area contributed by atoms with Crippen molar-refractivity contribution in [1.82, 2.24) is 10.3 Å². The number of hydrogen-bond acceptors (Lipinski definition) is 7. The molecule has 0 bridgehead atoms. The van der Waals surface area contributed by atoms with E-state index < -0.39 is 10.8 Å². The Morgan fingerprint density at radius 3 is 2.41 bits per heavy atom. The molecule has 0 aliphatic rings. The minimum absolute atomic E-state index is 0.117. The van der Waals surface area contributed by atoms with Crippen LogP contribution in [-0.2, 0) is 27.9 Å². The monoisotopic (exact) mass is 458 g/mol. The summed E-state index contributed by atoms with van der Waals surface area (Å²) in [4.78, 5) is 16.7. The maximum atomic E-state index is 12.5. The fourth-order valence-electron chi connectivity index (χ4n) is 3.00. The van der Waals surface area contributed by atoms with Gasteiger partial charge in [0.15, 0.2) is 11.5 Å². The van der Waals surface area contributed by atoms with E-state index in [2.05, 4.69) is 10.3 Å². The number of carbonyl (C=O) groups is 1. The molecule has 0 spiro atoms. The molecule has 0 saturated carbocycles. The molecule has 8 nitrogen and oxygen atoms in total. The van der Waals surface area contributed by atoms with Crippen LogP contribution in [0.2, 0.25) is 0 Å². The van der Waals surface area contributed by atoms with Crippen LogP contribution in [0.4, 0.5) is 0 Å². The largest absolute Gasteiger partial charge is 0.497 e. The standard InChI is InChI=1S/C23H26N2O6S/c1-15-19(25-23(31-15)17-7-10-20(29-3)21(11-17)30-4)13-32(27)14-22(26)24-12-16-5-8-18(28-2)9-6-16/h5-11H,12-14H2,1-4H3,(H,24,26)/t32-/m0/s1. The molecule has 170 valence electrons. The van der Waals surface area contributed by atoms with Gasteiger partial charge < -0.3 is 23.9 Å². The first-order valence-corrected chi connectivity index (χ1v) is 11.4.